The van der Waals surface area contributed by atoms with Crippen LogP contribution in [0.3, 0.4) is 0 Å². The fraction of sp³-hybridized carbons (Fsp3) is 0.423. The van der Waals surface area contributed by atoms with Gasteiger partial charge < -0.3 is 20.1 Å². The van der Waals surface area contributed by atoms with E-state index in [0.29, 0.717) is 0 Å². The van der Waals surface area contributed by atoms with Crippen LogP contribution in [0.15, 0.2) is 42.5 Å². The van der Waals surface area contributed by atoms with Crippen LogP contribution in [0.5, 0.6) is 11.5 Å². The number of aryl methyl sites for hydroxylation is 1. The van der Waals surface area contributed by atoms with Gasteiger partial charge in [0.15, 0.2) is 11.5 Å². The molecular formula is C26H32N2O3. The molecule has 3 aromatic rings. The van der Waals surface area contributed by atoms with Crippen molar-refractivity contribution < 1.29 is 15.0 Å². The average Bonchev–Trinajstić information content (AvgIpc) is 3.44. The molecule has 4 rings (SSSR count). The first kappa shape index (κ1) is 21.3. The van der Waals surface area contributed by atoms with Crippen LogP contribution in [0.4, 0.5) is 5.69 Å². The number of phenols is 2. The maximum Gasteiger partial charge on any atom is 0.235 e. The van der Waals surface area contributed by atoms with Gasteiger partial charge in [-0.3, -0.25) is 4.79 Å². The number of aromatic nitrogens is 1. The number of rotatable bonds is 6. The third-order valence-electron chi connectivity index (χ3n) is 6.38. The summed E-state index contributed by atoms with van der Waals surface area (Å²) in [5.74, 6) is -0.438. The van der Waals surface area contributed by atoms with E-state index in [1.54, 1.807) is 6.07 Å². The third kappa shape index (κ3) is 3.89. The lowest BCUT2D eigenvalue weighted by atomic mass is 9.92. The van der Waals surface area contributed by atoms with Gasteiger partial charge in [-0.2, -0.15) is 0 Å². The Hall–Kier alpha value is -2.95. The van der Waals surface area contributed by atoms with Crippen LogP contribution in [0.2, 0.25) is 0 Å². The van der Waals surface area contributed by atoms with Crippen molar-refractivity contribution in [3.63, 3.8) is 0 Å². The van der Waals surface area contributed by atoms with E-state index in [1.807, 2.05) is 6.07 Å². The normalized spacial score (nSPS) is 15.2. The lowest BCUT2D eigenvalue weighted by Gasteiger charge is -2.22. The van der Waals surface area contributed by atoms with Crippen molar-refractivity contribution in [2.24, 2.45) is 0 Å². The number of carbonyl (C=O) groups excluding carboxylic acids is 1. The molecule has 1 saturated carbocycles. The van der Waals surface area contributed by atoms with E-state index in [1.165, 1.54) is 23.3 Å². The highest BCUT2D eigenvalue weighted by atomic mass is 16.3. The van der Waals surface area contributed by atoms with E-state index in [0.717, 1.165) is 48.9 Å². The molecular weight excluding hydrogens is 388 g/mol. The number of phenolic OH excluding ortho intramolecular Hbond substituents is 2. The molecule has 0 radical (unpaired) electrons. The number of fused-ring (bicyclic) bond motifs is 1. The minimum atomic E-state index is -0.635. The molecule has 1 amide bonds. The molecule has 0 saturated heterocycles. The molecule has 5 nitrogen and oxygen atoms in total. The summed E-state index contributed by atoms with van der Waals surface area (Å²) in [6.07, 6.45) is 3.74. The Bertz CT molecular complexity index is 1130. The Balaban J connectivity index is 1.63. The highest BCUT2D eigenvalue weighted by Gasteiger charge is 2.51. The average molecular weight is 421 g/mol. The van der Waals surface area contributed by atoms with E-state index in [2.05, 4.69) is 55.8 Å². The van der Waals surface area contributed by atoms with Gasteiger partial charge in [0.25, 0.3) is 0 Å². The molecule has 0 atom stereocenters. The maximum atomic E-state index is 13.1. The van der Waals surface area contributed by atoms with Crippen molar-refractivity contribution in [1.82, 2.24) is 4.57 Å². The van der Waals surface area contributed by atoms with Crippen LogP contribution >= 0.6 is 0 Å². The van der Waals surface area contributed by atoms with E-state index in [-0.39, 0.29) is 22.8 Å². The van der Waals surface area contributed by atoms with E-state index in [9.17, 15) is 15.0 Å². The predicted octanol–water partition coefficient (Wildman–Crippen LogP) is 5.82. The van der Waals surface area contributed by atoms with Crippen LogP contribution in [-0.2, 0) is 22.2 Å². The van der Waals surface area contributed by atoms with Crippen molar-refractivity contribution in [3.8, 4) is 11.5 Å². The fourth-order valence-electron chi connectivity index (χ4n) is 4.37. The Kier molecular flexibility index (Phi) is 5.24. The topological polar surface area (TPSA) is 74.5 Å². The molecule has 1 aromatic heterocycles. The molecule has 2 aromatic carbocycles. The highest BCUT2D eigenvalue weighted by Crippen LogP contribution is 2.50. The van der Waals surface area contributed by atoms with Gasteiger partial charge in [-0.15, -0.1) is 0 Å². The molecule has 5 heteroatoms. The monoisotopic (exact) mass is 420 g/mol. The van der Waals surface area contributed by atoms with Gasteiger partial charge in [-0.25, -0.2) is 0 Å². The van der Waals surface area contributed by atoms with E-state index in [4.69, 9.17) is 0 Å². The summed E-state index contributed by atoms with van der Waals surface area (Å²) in [5.41, 5.74) is 3.42. The van der Waals surface area contributed by atoms with Gasteiger partial charge in [0.2, 0.25) is 5.91 Å². The lowest BCUT2D eigenvalue weighted by Crippen LogP contribution is -2.27. The number of amides is 1. The standard InChI is InChI=1S/C26H32N2O3/c1-5-6-13-28-20-9-8-19(14-17(20)15-23(28)25(2,3)4)27-24(31)26(11-12-26)18-7-10-21(29)22(30)16-18/h7-10,14-16,29-30H,5-6,11-13H2,1-4H3,(H,27,31). The summed E-state index contributed by atoms with van der Waals surface area (Å²) in [5, 5.41) is 23.7. The summed E-state index contributed by atoms with van der Waals surface area (Å²) in [4.78, 5) is 13.1. The minimum Gasteiger partial charge on any atom is -0.504 e. The van der Waals surface area contributed by atoms with Gasteiger partial charge in [-0.1, -0.05) is 40.2 Å². The quantitative estimate of drug-likeness (QED) is 0.440. The summed E-state index contributed by atoms with van der Waals surface area (Å²) in [6.45, 7) is 9.90. The van der Waals surface area contributed by atoms with E-state index < -0.39 is 5.41 Å². The second-order valence-corrected chi connectivity index (χ2v) is 9.80. The number of carbonyl (C=O) groups is 1. The van der Waals surface area contributed by atoms with Crippen molar-refractivity contribution in [3.05, 3.63) is 53.7 Å². The molecule has 1 aliphatic carbocycles. The molecule has 3 N–H and O–H groups in total. The van der Waals surface area contributed by atoms with E-state index >= 15 is 0 Å². The number of nitrogens with zero attached hydrogens (tertiary/aromatic N) is 1. The third-order valence-corrected chi connectivity index (χ3v) is 6.38. The number of benzene rings is 2. The first-order valence-corrected chi connectivity index (χ1v) is 11.1. The Morgan fingerprint density at radius 1 is 1.06 bits per heavy atom. The Morgan fingerprint density at radius 2 is 1.81 bits per heavy atom. The highest BCUT2D eigenvalue weighted by molar-refractivity contribution is 6.02. The Morgan fingerprint density at radius 3 is 2.42 bits per heavy atom. The summed E-state index contributed by atoms with van der Waals surface area (Å²) in [7, 11) is 0. The number of nitrogens with one attached hydrogen (secondary N) is 1. The van der Waals surface area contributed by atoms with Crippen molar-refractivity contribution in [1.29, 1.82) is 0 Å². The predicted molar refractivity (Wildman–Crippen MR) is 125 cm³/mol. The molecule has 0 aliphatic heterocycles. The lowest BCUT2D eigenvalue weighted by molar-refractivity contribution is -0.118. The van der Waals surface area contributed by atoms with Crippen LogP contribution in [0, 0.1) is 0 Å². The molecule has 0 unspecified atom stereocenters. The number of hydrogen-bond donors (Lipinski definition) is 3. The molecule has 1 fully saturated rings. The van der Waals surface area contributed by atoms with Crippen molar-refractivity contribution in [2.75, 3.05) is 5.32 Å². The largest absolute Gasteiger partial charge is 0.504 e. The summed E-state index contributed by atoms with van der Waals surface area (Å²) in [6, 6.07) is 13.0. The van der Waals surface area contributed by atoms with Gasteiger partial charge in [-0.05, 0) is 61.2 Å². The van der Waals surface area contributed by atoms with Crippen LogP contribution in [-0.4, -0.2) is 20.7 Å². The first-order chi connectivity index (χ1) is 14.7. The summed E-state index contributed by atoms with van der Waals surface area (Å²) < 4.78 is 2.41. The molecule has 1 aliphatic rings. The van der Waals surface area contributed by atoms with Gasteiger partial charge >= 0.3 is 0 Å². The zero-order valence-electron chi connectivity index (χ0n) is 18.8. The van der Waals surface area contributed by atoms with Crippen molar-refractivity contribution >= 4 is 22.5 Å². The molecule has 0 bridgehead atoms. The van der Waals surface area contributed by atoms with Gasteiger partial charge in [0.05, 0.1) is 5.41 Å². The molecule has 31 heavy (non-hydrogen) atoms. The SMILES string of the molecule is CCCCn1c(C(C)(C)C)cc2cc(NC(=O)C3(c4ccc(O)c(O)c4)CC3)ccc21. The molecule has 164 valence electrons. The van der Waals surface area contributed by atoms with Crippen LogP contribution < -0.4 is 5.32 Å². The fourth-order valence-corrected chi connectivity index (χ4v) is 4.37. The first-order valence-electron chi connectivity index (χ1n) is 11.1. The zero-order chi connectivity index (χ0) is 22.4. The second-order valence-electron chi connectivity index (χ2n) is 9.80. The number of hydrogen-bond acceptors (Lipinski definition) is 3. The van der Waals surface area contributed by atoms with Crippen LogP contribution in [0.25, 0.3) is 10.9 Å². The number of unbranched alkanes of at least 4 members (excludes halogenated alkanes) is 1. The van der Waals surface area contributed by atoms with Crippen LogP contribution in [0.1, 0.15) is 64.6 Å². The number of aromatic hydroxyl groups is 2. The molecule has 1 heterocycles. The minimum absolute atomic E-state index is 0.0368. The zero-order valence-corrected chi connectivity index (χ0v) is 18.8. The Labute approximate surface area is 183 Å². The maximum absolute atomic E-state index is 13.1. The van der Waals surface area contributed by atoms with Gasteiger partial charge in [0, 0.05) is 34.2 Å². The second kappa shape index (κ2) is 7.63. The smallest absolute Gasteiger partial charge is 0.235 e. The van der Waals surface area contributed by atoms with Crippen molar-refractivity contribution in [2.45, 2.75) is 70.8 Å². The van der Waals surface area contributed by atoms with Gasteiger partial charge in [0.1, 0.15) is 0 Å². The summed E-state index contributed by atoms with van der Waals surface area (Å²) >= 11 is 0. The number of anilines is 1. The molecule has 0 spiro atoms.